The minimum Gasteiger partial charge on any atom is -0.324 e. The van der Waals surface area contributed by atoms with Gasteiger partial charge in [-0.2, -0.15) is 11.8 Å². The quantitative estimate of drug-likeness (QED) is 0.809. The van der Waals surface area contributed by atoms with E-state index in [2.05, 4.69) is 49.4 Å². The van der Waals surface area contributed by atoms with Crippen LogP contribution in [0.25, 0.3) is 0 Å². The summed E-state index contributed by atoms with van der Waals surface area (Å²) >= 11 is 1.89. The predicted molar refractivity (Wildman–Crippen MR) is 78.6 cm³/mol. The van der Waals surface area contributed by atoms with Gasteiger partial charge in [0.1, 0.15) is 0 Å². The molecule has 0 aliphatic carbocycles. The van der Waals surface area contributed by atoms with Crippen molar-refractivity contribution < 1.29 is 0 Å². The lowest BCUT2D eigenvalue weighted by molar-refractivity contribution is 0.337. The Morgan fingerprint density at radius 1 is 1.24 bits per heavy atom. The van der Waals surface area contributed by atoms with Crippen LogP contribution in [-0.2, 0) is 0 Å². The zero-order valence-corrected chi connectivity index (χ0v) is 12.0. The van der Waals surface area contributed by atoms with E-state index in [1.807, 2.05) is 11.8 Å². The highest BCUT2D eigenvalue weighted by Crippen LogP contribution is 2.14. The van der Waals surface area contributed by atoms with Gasteiger partial charge >= 0.3 is 0 Å². The first-order valence-electron chi connectivity index (χ1n) is 6.13. The van der Waals surface area contributed by atoms with Crippen LogP contribution in [0.5, 0.6) is 0 Å². The van der Waals surface area contributed by atoms with Crippen LogP contribution in [0.15, 0.2) is 24.3 Å². The smallest absolute Gasteiger partial charge is 0.0307 e. The second kappa shape index (κ2) is 7.75. The fourth-order valence-corrected chi connectivity index (χ4v) is 2.19. The van der Waals surface area contributed by atoms with E-state index in [0.29, 0.717) is 0 Å². The number of rotatable bonds is 7. The maximum absolute atomic E-state index is 6.19. The zero-order chi connectivity index (χ0) is 12.7. The molecule has 0 heterocycles. The van der Waals surface area contributed by atoms with Crippen LogP contribution in [0.3, 0.4) is 0 Å². The van der Waals surface area contributed by atoms with Crippen molar-refractivity contribution in [1.82, 2.24) is 4.90 Å². The van der Waals surface area contributed by atoms with Gasteiger partial charge in [-0.25, -0.2) is 0 Å². The van der Waals surface area contributed by atoms with Crippen LogP contribution < -0.4 is 5.73 Å². The normalized spacial score (nSPS) is 13.0. The third-order valence-electron chi connectivity index (χ3n) is 3.00. The van der Waals surface area contributed by atoms with E-state index in [1.165, 1.54) is 16.9 Å². The van der Waals surface area contributed by atoms with Crippen LogP contribution in [0.4, 0.5) is 0 Å². The van der Waals surface area contributed by atoms with Crippen LogP contribution in [0.1, 0.15) is 23.6 Å². The molecule has 3 heteroatoms. The molecule has 0 amide bonds. The molecule has 0 aliphatic rings. The average Bonchev–Trinajstić information content (AvgIpc) is 2.34. The highest BCUT2D eigenvalue weighted by Gasteiger charge is 2.07. The Morgan fingerprint density at radius 2 is 1.88 bits per heavy atom. The van der Waals surface area contributed by atoms with Gasteiger partial charge in [0.25, 0.3) is 0 Å². The Kier molecular flexibility index (Phi) is 6.63. The summed E-state index contributed by atoms with van der Waals surface area (Å²) < 4.78 is 0. The lowest BCUT2D eigenvalue weighted by Crippen LogP contribution is -2.25. The number of hydrogen-bond donors (Lipinski definition) is 1. The molecule has 0 saturated carbocycles. The Hall–Kier alpha value is -0.510. The van der Waals surface area contributed by atoms with Gasteiger partial charge in [0.15, 0.2) is 0 Å². The van der Waals surface area contributed by atoms with Crippen molar-refractivity contribution in [3.05, 3.63) is 35.4 Å². The lowest BCUT2D eigenvalue weighted by atomic mass is 10.0. The number of thioether (sulfide) groups is 1. The summed E-state index contributed by atoms with van der Waals surface area (Å²) in [7, 11) is 2.16. The van der Waals surface area contributed by atoms with Crippen LogP contribution in [0.2, 0.25) is 0 Å². The van der Waals surface area contributed by atoms with E-state index in [-0.39, 0.29) is 6.04 Å². The molecule has 0 aliphatic heterocycles. The predicted octanol–water partition coefficient (Wildman–Crippen LogP) is 2.68. The first-order valence-corrected chi connectivity index (χ1v) is 7.52. The molecule has 1 aromatic carbocycles. The first kappa shape index (κ1) is 14.6. The molecule has 17 heavy (non-hydrogen) atoms. The van der Waals surface area contributed by atoms with Crippen molar-refractivity contribution in [3.63, 3.8) is 0 Å². The molecule has 0 fully saturated rings. The molecule has 0 saturated heterocycles. The van der Waals surface area contributed by atoms with Crippen molar-refractivity contribution in [2.24, 2.45) is 5.73 Å². The molecular formula is C14H24N2S. The second-order valence-electron chi connectivity index (χ2n) is 4.60. The molecule has 2 nitrogen and oxygen atoms in total. The van der Waals surface area contributed by atoms with Gasteiger partial charge in [-0.3, -0.25) is 0 Å². The number of nitrogens with two attached hydrogens (primary N) is 1. The molecule has 1 rings (SSSR count). The summed E-state index contributed by atoms with van der Waals surface area (Å²) in [4.78, 5) is 2.35. The Balaban J connectivity index is 2.34. The number of benzene rings is 1. The van der Waals surface area contributed by atoms with E-state index in [4.69, 9.17) is 5.73 Å². The first-order chi connectivity index (χ1) is 8.13. The number of hydrogen-bond acceptors (Lipinski definition) is 3. The van der Waals surface area contributed by atoms with E-state index >= 15 is 0 Å². The van der Waals surface area contributed by atoms with Crippen molar-refractivity contribution in [1.29, 1.82) is 0 Å². The zero-order valence-electron chi connectivity index (χ0n) is 11.1. The molecule has 1 atom stereocenters. The Labute approximate surface area is 110 Å². The second-order valence-corrected chi connectivity index (χ2v) is 5.59. The molecule has 0 bridgehead atoms. The third kappa shape index (κ3) is 5.57. The minimum absolute atomic E-state index is 0.160. The van der Waals surface area contributed by atoms with Gasteiger partial charge in [-0.05, 0) is 38.8 Å². The standard InChI is InChI=1S/C14H24N2S/c1-12-4-6-13(7-5-12)14(15)8-9-16(2)10-11-17-3/h4-7,14H,8-11,15H2,1-3H3. The molecule has 1 aromatic rings. The van der Waals surface area contributed by atoms with E-state index < -0.39 is 0 Å². The topological polar surface area (TPSA) is 29.3 Å². The fraction of sp³-hybridized carbons (Fsp3) is 0.571. The lowest BCUT2D eigenvalue weighted by Gasteiger charge is -2.19. The summed E-state index contributed by atoms with van der Waals surface area (Å²) in [5.74, 6) is 1.19. The number of nitrogens with zero attached hydrogens (tertiary/aromatic N) is 1. The summed E-state index contributed by atoms with van der Waals surface area (Å²) in [6.45, 7) is 4.31. The highest BCUT2D eigenvalue weighted by molar-refractivity contribution is 7.98. The van der Waals surface area contributed by atoms with E-state index in [1.54, 1.807) is 0 Å². The molecule has 2 N–H and O–H groups in total. The van der Waals surface area contributed by atoms with Crippen molar-refractivity contribution in [2.75, 3.05) is 32.1 Å². The van der Waals surface area contributed by atoms with Gasteiger partial charge < -0.3 is 10.6 Å². The van der Waals surface area contributed by atoms with E-state index in [0.717, 1.165) is 19.5 Å². The SMILES string of the molecule is CSCCN(C)CCC(N)c1ccc(C)cc1. The molecule has 0 radical (unpaired) electrons. The van der Waals surface area contributed by atoms with Gasteiger partial charge in [-0.15, -0.1) is 0 Å². The average molecular weight is 252 g/mol. The van der Waals surface area contributed by atoms with Crippen LogP contribution >= 0.6 is 11.8 Å². The van der Waals surface area contributed by atoms with Crippen LogP contribution in [0, 0.1) is 6.92 Å². The molecular weight excluding hydrogens is 228 g/mol. The summed E-state index contributed by atoms with van der Waals surface area (Å²) in [6, 6.07) is 8.70. The largest absolute Gasteiger partial charge is 0.324 e. The van der Waals surface area contributed by atoms with Gasteiger partial charge in [-0.1, -0.05) is 29.8 Å². The van der Waals surface area contributed by atoms with E-state index in [9.17, 15) is 0 Å². The van der Waals surface area contributed by atoms with Gasteiger partial charge in [0, 0.05) is 18.3 Å². The van der Waals surface area contributed by atoms with Crippen molar-refractivity contribution >= 4 is 11.8 Å². The van der Waals surface area contributed by atoms with Crippen LogP contribution in [-0.4, -0.2) is 37.0 Å². The molecule has 0 aromatic heterocycles. The summed E-state index contributed by atoms with van der Waals surface area (Å²) in [6.07, 6.45) is 3.17. The monoisotopic (exact) mass is 252 g/mol. The van der Waals surface area contributed by atoms with Gasteiger partial charge in [0.05, 0.1) is 0 Å². The highest BCUT2D eigenvalue weighted by atomic mass is 32.2. The Morgan fingerprint density at radius 3 is 2.47 bits per heavy atom. The molecule has 1 unspecified atom stereocenters. The third-order valence-corrected chi connectivity index (χ3v) is 3.60. The number of aryl methyl sites for hydroxylation is 1. The maximum Gasteiger partial charge on any atom is 0.0307 e. The van der Waals surface area contributed by atoms with Gasteiger partial charge in [0.2, 0.25) is 0 Å². The minimum atomic E-state index is 0.160. The Bertz CT molecular complexity index is 311. The van der Waals surface area contributed by atoms with Crippen molar-refractivity contribution in [2.45, 2.75) is 19.4 Å². The maximum atomic E-state index is 6.19. The summed E-state index contributed by atoms with van der Waals surface area (Å²) in [5, 5.41) is 0. The fourth-order valence-electron chi connectivity index (χ4n) is 1.70. The summed E-state index contributed by atoms with van der Waals surface area (Å²) in [5.41, 5.74) is 8.72. The molecule has 0 spiro atoms. The molecule has 96 valence electrons. The van der Waals surface area contributed by atoms with Crippen molar-refractivity contribution in [3.8, 4) is 0 Å².